The third-order valence-corrected chi connectivity index (χ3v) is 8.69. The van der Waals surface area contributed by atoms with Gasteiger partial charge in [0.1, 0.15) is 5.82 Å². The van der Waals surface area contributed by atoms with Gasteiger partial charge in [0.25, 0.3) is 11.5 Å². The van der Waals surface area contributed by atoms with Gasteiger partial charge in [0.15, 0.2) is 0 Å². The number of nitrogens with zero attached hydrogens (tertiary/aromatic N) is 2. The molecule has 4 aliphatic rings. The quantitative estimate of drug-likeness (QED) is 0.515. The largest absolute Gasteiger partial charge is 0.349 e. The van der Waals surface area contributed by atoms with Crippen molar-refractivity contribution >= 4 is 16.7 Å². The average molecular weight is 501 g/mol. The number of carbonyl (C=O) groups is 1. The smallest absolute Gasteiger partial charge is 0.258 e. The Balaban J connectivity index is 1.32. The second kappa shape index (κ2) is 8.77. The fourth-order valence-electron chi connectivity index (χ4n) is 6.14. The summed E-state index contributed by atoms with van der Waals surface area (Å²) >= 11 is 0. The number of pyridine rings is 1. The molecule has 3 aromatic rings. The number of likely N-dealkylation sites (tertiary alicyclic amines) is 1. The van der Waals surface area contributed by atoms with E-state index in [1.54, 1.807) is 13.0 Å². The number of amides is 1. The molecule has 2 aliphatic heterocycles. The third-order valence-electron chi connectivity index (χ3n) is 8.69. The minimum absolute atomic E-state index is 0.0438. The minimum Gasteiger partial charge on any atom is -0.349 e. The number of piperazine rings is 1. The van der Waals surface area contributed by atoms with E-state index in [9.17, 15) is 14.0 Å². The van der Waals surface area contributed by atoms with Crippen molar-refractivity contribution in [3.8, 4) is 11.1 Å². The van der Waals surface area contributed by atoms with Gasteiger partial charge in [-0.05, 0) is 96.9 Å². The van der Waals surface area contributed by atoms with E-state index in [0.717, 1.165) is 55.5 Å². The Hall–Kier alpha value is -3.03. The second-order valence-electron chi connectivity index (χ2n) is 11.6. The first-order valence-electron chi connectivity index (χ1n) is 13.7. The molecule has 7 rings (SSSR count). The van der Waals surface area contributed by atoms with Crippen LogP contribution in [0.3, 0.4) is 0 Å². The average Bonchev–Trinajstić information content (AvgIpc) is 3.81. The predicted octanol–water partition coefficient (Wildman–Crippen LogP) is 3.96. The predicted molar refractivity (Wildman–Crippen MR) is 142 cm³/mol. The van der Waals surface area contributed by atoms with E-state index in [1.807, 2.05) is 22.8 Å². The van der Waals surface area contributed by atoms with Crippen LogP contribution in [0.5, 0.6) is 0 Å². The summed E-state index contributed by atoms with van der Waals surface area (Å²) in [6, 6.07) is 10.2. The maximum absolute atomic E-state index is 15.0. The van der Waals surface area contributed by atoms with E-state index in [4.69, 9.17) is 0 Å². The van der Waals surface area contributed by atoms with Gasteiger partial charge < -0.3 is 15.2 Å². The zero-order valence-corrected chi connectivity index (χ0v) is 21.2. The van der Waals surface area contributed by atoms with E-state index in [-0.39, 0.29) is 23.3 Å². The van der Waals surface area contributed by atoms with Crippen molar-refractivity contribution < 1.29 is 9.18 Å². The van der Waals surface area contributed by atoms with Crippen molar-refractivity contribution in [1.82, 2.24) is 20.1 Å². The number of hydrogen-bond acceptors (Lipinski definition) is 4. The Labute approximate surface area is 215 Å². The SMILES string of the molecule is Cc1c(F)cc(C(=O)NC2CC2)cc1-c1ccc2c(=O)n(CC3CC3)cc(CN3C[C@@H]4C[C@H]3CN4)c2c1. The van der Waals surface area contributed by atoms with Crippen LogP contribution in [0.25, 0.3) is 21.9 Å². The van der Waals surface area contributed by atoms with Crippen LogP contribution in [-0.2, 0) is 13.1 Å². The van der Waals surface area contributed by atoms with Gasteiger partial charge in [0.2, 0.25) is 0 Å². The van der Waals surface area contributed by atoms with Crippen LogP contribution >= 0.6 is 0 Å². The molecule has 0 unspecified atom stereocenters. The molecule has 2 bridgehead atoms. The van der Waals surface area contributed by atoms with Crippen molar-refractivity contribution in [1.29, 1.82) is 0 Å². The number of fused-ring (bicyclic) bond motifs is 3. The molecule has 4 fully saturated rings. The van der Waals surface area contributed by atoms with Gasteiger partial charge in [-0.15, -0.1) is 0 Å². The summed E-state index contributed by atoms with van der Waals surface area (Å²) in [6.45, 7) is 5.37. The van der Waals surface area contributed by atoms with Crippen LogP contribution in [0.15, 0.2) is 41.3 Å². The minimum atomic E-state index is -0.390. The normalized spacial score (nSPS) is 23.2. The van der Waals surface area contributed by atoms with Crippen LogP contribution in [0.4, 0.5) is 4.39 Å². The van der Waals surface area contributed by atoms with Crippen LogP contribution in [0.2, 0.25) is 0 Å². The zero-order valence-electron chi connectivity index (χ0n) is 21.2. The third kappa shape index (κ3) is 4.38. The standard InChI is InChI=1S/C30H33FN4O2/c1-17-26(9-20(10-28(17)31)29(36)33-22-5-6-22)19-4-7-25-27(8-19)21(14-34-16-23-11-24(34)12-32-23)15-35(30(25)37)13-18-2-3-18/h4,7-10,15,18,22-24,32H,2-3,5-6,11-14,16H2,1H3,(H,33,36)/t23-,24-/m0/s1. The van der Waals surface area contributed by atoms with Crippen molar-refractivity contribution in [3.63, 3.8) is 0 Å². The van der Waals surface area contributed by atoms with Crippen molar-refractivity contribution in [3.05, 3.63) is 69.4 Å². The van der Waals surface area contributed by atoms with Crippen LogP contribution in [0, 0.1) is 18.7 Å². The lowest BCUT2D eigenvalue weighted by Crippen LogP contribution is -2.43. The Bertz CT molecular complexity index is 1470. The van der Waals surface area contributed by atoms with Crippen molar-refractivity contribution in [2.24, 2.45) is 5.92 Å². The number of benzene rings is 2. The Morgan fingerprint density at radius 1 is 1.14 bits per heavy atom. The van der Waals surface area contributed by atoms with Gasteiger partial charge in [-0.1, -0.05) is 6.07 Å². The maximum atomic E-state index is 15.0. The first kappa shape index (κ1) is 23.1. The summed E-state index contributed by atoms with van der Waals surface area (Å²) in [4.78, 5) is 28.7. The van der Waals surface area contributed by atoms with Crippen molar-refractivity contribution in [2.75, 3.05) is 13.1 Å². The van der Waals surface area contributed by atoms with E-state index in [1.165, 1.54) is 25.3 Å². The van der Waals surface area contributed by atoms with E-state index < -0.39 is 0 Å². The molecule has 1 amide bonds. The first-order valence-corrected chi connectivity index (χ1v) is 13.7. The van der Waals surface area contributed by atoms with Gasteiger partial charge in [-0.2, -0.15) is 0 Å². The van der Waals surface area contributed by atoms with Crippen LogP contribution in [0.1, 0.15) is 53.6 Å². The van der Waals surface area contributed by atoms with Gasteiger partial charge in [-0.3, -0.25) is 14.5 Å². The molecule has 7 heteroatoms. The number of hydrogen-bond donors (Lipinski definition) is 2. The molecule has 2 aromatic carbocycles. The Morgan fingerprint density at radius 3 is 2.68 bits per heavy atom. The fourth-order valence-corrected chi connectivity index (χ4v) is 6.14. The second-order valence-corrected chi connectivity index (χ2v) is 11.6. The summed E-state index contributed by atoms with van der Waals surface area (Å²) in [5.74, 6) is -0.0200. The molecule has 2 saturated carbocycles. The summed E-state index contributed by atoms with van der Waals surface area (Å²) < 4.78 is 16.9. The summed E-state index contributed by atoms with van der Waals surface area (Å²) in [7, 11) is 0. The zero-order chi connectivity index (χ0) is 25.3. The maximum Gasteiger partial charge on any atom is 0.258 e. The molecule has 2 saturated heterocycles. The van der Waals surface area contributed by atoms with Gasteiger partial charge in [-0.25, -0.2) is 4.39 Å². The molecule has 0 radical (unpaired) electrons. The number of halogens is 1. The van der Waals surface area contributed by atoms with E-state index in [0.29, 0.717) is 40.1 Å². The van der Waals surface area contributed by atoms with Crippen LogP contribution in [-0.4, -0.2) is 46.6 Å². The molecule has 6 nitrogen and oxygen atoms in total. The number of rotatable bonds is 7. The highest BCUT2D eigenvalue weighted by atomic mass is 19.1. The van der Waals surface area contributed by atoms with E-state index >= 15 is 0 Å². The molecule has 0 spiro atoms. The fraction of sp³-hybridized carbons (Fsp3) is 0.467. The van der Waals surface area contributed by atoms with E-state index in [2.05, 4.69) is 21.7 Å². The summed E-state index contributed by atoms with van der Waals surface area (Å²) in [5, 5.41) is 8.17. The molecule has 2 atom stereocenters. The van der Waals surface area contributed by atoms with Gasteiger partial charge >= 0.3 is 0 Å². The highest BCUT2D eigenvalue weighted by Gasteiger charge is 2.37. The Kier molecular flexibility index (Phi) is 5.48. The topological polar surface area (TPSA) is 66.4 Å². The summed E-state index contributed by atoms with van der Waals surface area (Å²) in [6.07, 6.45) is 7.59. The number of nitrogens with one attached hydrogen (secondary N) is 2. The molecule has 3 heterocycles. The number of aromatic nitrogens is 1. The molecule has 2 aliphatic carbocycles. The molecular weight excluding hydrogens is 467 g/mol. The molecule has 1 aromatic heterocycles. The first-order chi connectivity index (χ1) is 17.9. The van der Waals surface area contributed by atoms with Gasteiger partial charge in [0, 0.05) is 61.5 Å². The monoisotopic (exact) mass is 500 g/mol. The molecular formula is C30H33FN4O2. The summed E-state index contributed by atoms with van der Waals surface area (Å²) in [5.41, 5.74) is 3.56. The molecule has 37 heavy (non-hydrogen) atoms. The van der Waals surface area contributed by atoms with Gasteiger partial charge in [0.05, 0.1) is 0 Å². The lowest BCUT2D eigenvalue weighted by molar-refractivity contribution is 0.0950. The van der Waals surface area contributed by atoms with Crippen LogP contribution < -0.4 is 16.2 Å². The lowest BCUT2D eigenvalue weighted by Gasteiger charge is -2.28. The lowest BCUT2D eigenvalue weighted by atomic mass is 9.94. The Morgan fingerprint density at radius 2 is 1.97 bits per heavy atom. The molecule has 192 valence electrons. The highest BCUT2D eigenvalue weighted by Crippen LogP contribution is 2.34. The number of carbonyl (C=O) groups excluding carboxylic acids is 1. The molecule has 2 N–H and O–H groups in total. The highest BCUT2D eigenvalue weighted by molar-refractivity contribution is 5.97. The van der Waals surface area contributed by atoms with Crippen molar-refractivity contribution in [2.45, 2.75) is 70.2 Å².